The highest BCUT2D eigenvalue weighted by atomic mass is 35.5. The third kappa shape index (κ3) is 8.05. The highest BCUT2D eigenvalue weighted by molar-refractivity contribution is 7.09. The number of nitrogens with zero attached hydrogens (tertiary/aromatic N) is 1. The molecule has 0 saturated heterocycles. The summed E-state index contributed by atoms with van der Waals surface area (Å²) in [6.07, 6.45) is 5.65. The molecule has 1 aromatic heterocycles. The maximum Gasteiger partial charge on any atom is 0.409 e. The summed E-state index contributed by atoms with van der Waals surface area (Å²) in [7, 11) is 0. The number of allylic oxidation sites excluding steroid dienone is 2. The lowest BCUT2D eigenvalue weighted by Crippen LogP contribution is -2.54. The van der Waals surface area contributed by atoms with E-state index in [4.69, 9.17) is 16.3 Å². The largest absolute Gasteiger partial charge is 0.450 e. The number of halogens is 2. The maximum atomic E-state index is 14.9. The molecule has 1 heterocycles. The van der Waals surface area contributed by atoms with E-state index in [2.05, 4.69) is 19.9 Å². The second-order valence-corrected chi connectivity index (χ2v) is 15.1. The first-order chi connectivity index (χ1) is 22.9. The van der Waals surface area contributed by atoms with Crippen molar-refractivity contribution in [3.63, 3.8) is 0 Å². The van der Waals surface area contributed by atoms with Crippen molar-refractivity contribution in [1.29, 1.82) is 0 Å². The number of aliphatic hydroxyl groups excluding tert-OH is 1. The topological polar surface area (TPSA) is 87.1 Å². The van der Waals surface area contributed by atoms with Crippen LogP contribution in [-0.4, -0.2) is 58.4 Å². The van der Waals surface area contributed by atoms with Crippen LogP contribution in [0.1, 0.15) is 97.1 Å². The molecule has 0 spiro atoms. The number of ether oxygens (including phenoxy) is 1. The number of rotatable bonds is 9. The molecule has 0 aliphatic heterocycles. The molecule has 4 unspecified atom stereocenters. The van der Waals surface area contributed by atoms with Crippen molar-refractivity contribution in [2.45, 2.75) is 96.2 Å². The smallest absolute Gasteiger partial charge is 0.409 e. The first-order valence-electron chi connectivity index (χ1n) is 17.0. The van der Waals surface area contributed by atoms with Crippen LogP contribution in [0.5, 0.6) is 0 Å². The molecule has 3 aliphatic rings. The fraction of sp³-hybridized carbons (Fsp3) is 0.487. The van der Waals surface area contributed by atoms with Gasteiger partial charge in [0.15, 0.2) is 5.78 Å². The van der Waals surface area contributed by atoms with Crippen LogP contribution < -0.4 is 0 Å². The first-order valence-corrected chi connectivity index (χ1v) is 18.3. The zero-order valence-electron chi connectivity index (χ0n) is 28.1. The van der Waals surface area contributed by atoms with E-state index in [1.54, 1.807) is 29.2 Å². The number of hydrogen-bond donors (Lipinski definition) is 2. The Morgan fingerprint density at radius 1 is 1.15 bits per heavy atom. The van der Waals surface area contributed by atoms with Crippen molar-refractivity contribution in [3.05, 3.63) is 104 Å². The lowest BCUT2D eigenvalue weighted by Gasteiger charge is -2.46. The second-order valence-electron chi connectivity index (χ2n) is 13.7. The summed E-state index contributed by atoms with van der Waals surface area (Å²) >= 11 is 7.99. The lowest BCUT2D eigenvalue weighted by atomic mass is 9.64. The normalized spacial score (nSPS) is 24.4. The van der Waals surface area contributed by atoms with Crippen LogP contribution in [0.4, 0.5) is 9.18 Å². The molecular weight excluding hydrogens is 649 g/mol. The van der Waals surface area contributed by atoms with Gasteiger partial charge in [-0.15, -0.1) is 11.3 Å². The number of amides is 1. The van der Waals surface area contributed by atoms with Gasteiger partial charge in [0.25, 0.3) is 0 Å². The quantitative estimate of drug-likeness (QED) is 0.173. The molecule has 4 atom stereocenters. The predicted octanol–water partition coefficient (Wildman–Crippen LogP) is 8.71. The third-order valence-electron chi connectivity index (χ3n) is 10.6. The van der Waals surface area contributed by atoms with E-state index in [1.165, 1.54) is 17.7 Å². The Labute approximate surface area is 292 Å². The highest BCUT2D eigenvalue weighted by Crippen LogP contribution is 2.59. The van der Waals surface area contributed by atoms with E-state index < -0.39 is 29.0 Å². The van der Waals surface area contributed by atoms with Gasteiger partial charge in [-0.3, -0.25) is 4.79 Å². The molecule has 2 aromatic carbocycles. The first kappa shape index (κ1) is 36.2. The Morgan fingerprint density at radius 2 is 1.96 bits per heavy atom. The van der Waals surface area contributed by atoms with E-state index in [9.17, 15) is 24.2 Å². The van der Waals surface area contributed by atoms with Crippen molar-refractivity contribution in [3.8, 4) is 0 Å². The number of hydrogen-bond acceptors (Lipinski definition) is 6. The molecule has 2 bridgehead atoms. The van der Waals surface area contributed by atoms with Gasteiger partial charge in [-0.1, -0.05) is 54.4 Å². The van der Waals surface area contributed by atoms with Crippen LogP contribution in [0, 0.1) is 11.2 Å². The van der Waals surface area contributed by atoms with E-state index in [0.29, 0.717) is 57.1 Å². The predicted molar refractivity (Wildman–Crippen MR) is 189 cm³/mol. The molecule has 9 heteroatoms. The average molecular weight is 696 g/mol. The average Bonchev–Trinajstić information content (AvgIpc) is 3.66. The highest BCUT2D eigenvalue weighted by Gasteiger charge is 2.57. The number of carbonyl (C=O) groups excluding carboxylic acids is 2. The molecule has 6 rings (SSSR count). The molecule has 258 valence electrons. The minimum atomic E-state index is -1.28. The lowest BCUT2D eigenvalue weighted by molar-refractivity contribution is -0.0807. The molecule has 3 aliphatic carbocycles. The van der Waals surface area contributed by atoms with Crippen LogP contribution in [0.15, 0.2) is 65.6 Å². The summed E-state index contributed by atoms with van der Waals surface area (Å²) in [5.41, 5.74) is 1.41. The molecule has 1 fully saturated rings. The Kier molecular flexibility index (Phi) is 11.8. The Bertz CT molecular complexity index is 1610. The van der Waals surface area contributed by atoms with Gasteiger partial charge in [0.05, 0.1) is 24.9 Å². The van der Waals surface area contributed by atoms with Crippen molar-refractivity contribution in [1.82, 2.24) is 4.90 Å². The van der Waals surface area contributed by atoms with Crippen molar-refractivity contribution < 1.29 is 28.9 Å². The summed E-state index contributed by atoms with van der Waals surface area (Å²) in [6.45, 7) is 6.68. The Balaban J connectivity index is 1.56. The minimum absolute atomic E-state index is 0.102. The molecule has 6 nitrogen and oxygen atoms in total. The van der Waals surface area contributed by atoms with E-state index in [-0.39, 0.29) is 41.9 Å². The molecule has 1 amide bonds. The third-order valence-corrected chi connectivity index (χ3v) is 11.8. The molecule has 2 N–H and O–H groups in total. The standard InChI is InChI=1S/C39H47ClFNO5S/c1-4-47-37(45)42(20-17-29-9-7-21-48-29)25-39(46)19-16-33-30-15-13-27(22-28(43)14-12-26(2)8-6-18-38(33,39)3)23-31(30)36(44)24-32-34(40)10-5-11-35(32)41/h5,7-11,13,15,21,23,28,33,43,46H,4,6,12,14,16-20,22,24-25H2,1-3H3. The maximum absolute atomic E-state index is 14.9. The van der Waals surface area contributed by atoms with Gasteiger partial charge in [0, 0.05) is 39.4 Å². The summed E-state index contributed by atoms with van der Waals surface area (Å²) < 4.78 is 20.3. The van der Waals surface area contributed by atoms with Crippen LogP contribution in [-0.2, 0) is 24.0 Å². The molecule has 3 aromatic rings. The number of thiophene rings is 1. The van der Waals surface area contributed by atoms with E-state index >= 15 is 0 Å². The minimum Gasteiger partial charge on any atom is -0.450 e. The van der Waals surface area contributed by atoms with E-state index in [0.717, 1.165) is 22.4 Å². The summed E-state index contributed by atoms with van der Waals surface area (Å²) in [6, 6.07) is 14.2. The van der Waals surface area contributed by atoms with Crippen molar-refractivity contribution in [2.75, 3.05) is 19.7 Å². The second kappa shape index (κ2) is 15.7. The van der Waals surface area contributed by atoms with Gasteiger partial charge < -0.3 is 19.8 Å². The molecule has 48 heavy (non-hydrogen) atoms. The van der Waals surface area contributed by atoms with Crippen LogP contribution >= 0.6 is 22.9 Å². The van der Waals surface area contributed by atoms with Gasteiger partial charge in [0.1, 0.15) is 5.82 Å². The molecule has 1 saturated carbocycles. The van der Waals surface area contributed by atoms with Gasteiger partial charge >= 0.3 is 6.09 Å². The van der Waals surface area contributed by atoms with Crippen LogP contribution in [0.25, 0.3) is 0 Å². The van der Waals surface area contributed by atoms with Crippen molar-refractivity contribution in [2.24, 2.45) is 5.41 Å². The van der Waals surface area contributed by atoms with Crippen molar-refractivity contribution >= 4 is 34.8 Å². The van der Waals surface area contributed by atoms with Gasteiger partial charge in [-0.2, -0.15) is 0 Å². The Hall–Kier alpha value is -3.04. The fourth-order valence-electron chi connectivity index (χ4n) is 7.66. The zero-order chi connectivity index (χ0) is 34.5. The summed E-state index contributed by atoms with van der Waals surface area (Å²) in [4.78, 5) is 30.2. The number of benzene rings is 2. The number of carbonyl (C=O) groups is 2. The van der Waals surface area contributed by atoms with Gasteiger partial charge in [0.2, 0.25) is 0 Å². The Morgan fingerprint density at radius 3 is 2.69 bits per heavy atom. The number of fused-ring (bicyclic) bond motifs is 8. The van der Waals surface area contributed by atoms with Crippen LogP contribution in [0.3, 0.4) is 0 Å². The number of aliphatic hydroxyl groups is 2. The summed E-state index contributed by atoms with van der Waals surface area (Å²) in [5, 5.41) is 25.8. The molecule has 0 radical (unpaired) electrons. The molecular formula is C39H47ClFNO5S. The van der Waals surface area contributed by atoms with E-state index in [1.807, 2.05) is 35.7 Å². The summed E-state index contributed by atoms with van der Waals surface area (Å²) in [5.74, 6) is -1.03. The number of ketones is 1. The van der Waals surface area contributed by atoms with Crippen LogP contribution in [0.2, 0.25) is 5.02 Å². The van der Waals surface area contributed by atoms with Gasteiger partial charge in [-0.05, 0) is 112 Å². The SMILES string of the molecule is CCOC(=O)N(CCc1cccs1)CC1(O)CCC2c3ccc(cc3C(=O)Cc3c(F)cccc3Cl)CC(O)CCC(C)=CCCC21C. The fourth-order valence-corrected chi connectivity index (χ4v) is 8.59. The monoisotopic (exact) mass is 695 g/mol. The number of Topliss-reactive ketones (excluding diaryl/α,β-unsaturated/α-hetero) is 1. The van der Waals surface area contributed by atoms with Gasteiger partial charge in [-0.25, -0.2) is 9.18 Å². The zero-order valence-corrected chi connectivity index (χ0v) is 29.7.